The highest BCUT2D eigenvalue weighted by atomic mass is 16.6. The number of nitrogens with zero attached hydrogens (tertiary/aromatic N) is 3. The van der Waals surface area contributed by atoms with Gasteiger partial charge in [-0.15, -0.1) is 5.10 Å². The summed E-state index contributed by atoms with van der Waals surface area (Å²) in [6.07, 6.45) is -2.10. The SMILES string of the molecule is CCCCc1cc(CCC(=O)c2cc(O)c(O)c(O)c2)cc(-c2cn(C3OC(CO)C(O)C(O)C3O)nn2)c1. The van der Waals surface area contributed by atoms with Crippen LogP contribution in [0.1, 0.15) is 53.9 Å². The largest absolute Gasteiger partial charge is 0.504 e. The van der Waals surface area contributed by atoms with Crippen LogP contribution in [-0.2, 0) is 17.6 Å². The lowest BCUT2D eigenvalue weighted by molar-refractivity contribution is -0.254. The van der Waals surface area contributed by atoms with Gasteiger partial charge in [0.1, 0.15) is 30.1 Å². The second-order valence-electron chi connectivity index (χ2n) is 9.73. The molecule has 7 N–H and O–H groups in total. The highest BCUT2D eigenvalue weighted by molar-refractivity contribution is 5.97. The summed E-state index contributed by atoms with van der Waals surface area (Å²) in [5.41, 5.74) is 3.11. The Kier molecular flexibility index (Phi) is 8.83. The number of aromatic nitrogens is 3. The molecular weight excluding hydrogens is 510 g/mol. The topological polar surface area (TPSA) is 199 Å². The van der Waals surface area contributed by atoms with Crippen LogP contribution >= 0.6 is 0 Å². The van der Waals surface area contributed by atoms with Crippen LogP contribution in [0.3, 0.4) is 0 Å². The Balaban J connectivity index is 1.57. The van der Waals surface area contributed by atoms with Gasteiger partial charge in [-0.3, -0.25) is 4.79 Å². The maximum atomic E-state index is 12.7. The Hall–Kier alpha value is -3.55. The predicted octanol–water partition coefficient (Wildman–Crippen LogP) is 1.19. The first kappa shape index (κ1) is 28.5. The number of aromatic hydroxyl groups is 3. The van der Waals surface area contributed by atoms with Crippen molar-refractivity contribution in [1.29, 1.82) is 0 Å². The van der Waals surface area contributed by atoms with Crippen molar-refractivity contribution < 1.29 is 45.3 Å². The number of hydrogen-bond acceptors (Lipinski definition) is 11. The summed E-state index contributed by atoms with van der Waals surface area (Å²) in [5, 5.41) is 77.3. The van der Waals surface area contributed by atoms with E-state index >= 15 is 0 Å². The van der Waals surface area contributed by atoms with Gasteiger partial charge in [-0.1, -0.05) is 24.6 Å². The number of carbonyl (C=O) groups is 1. The smallest absolute Gasteiger partial charge is 0.200 e. The maximum Gasteiger partial charge on any atom is 0.200 e. The maximum absolute atomic E-state index is 12.7. The number of aliphatic hydroxyl groups excluding tert-OH is 4. The number of rotatable bonds is 10. The molecule has 0 amide bonds. The summed E-state index contributed by atoms with van der Waals surface area (Å²) >= 11 is 0. The van der Waals surface area contributed by atoms with E-state index in [2.05, 4.69) is 17.2 Å². The molecule has 0 spiro atoms. The number of Topliss-reactive ketones (excluding diaryl/α,β-unsaturated/α-hetero) is 1. The molecule has 1 aromatic heterocycles. The van der Waals surface area contributed by atoms with Crippen molar-refractivity contribution >= 4 is 5.78 Å². The average molecular weight is 544 g/mol. The van der Waals surface area contributed by atoms with Crippen molar-refractivity contribution in [3.63, 3.8) is 0 Å². The van der Waals surface area contributed by atoms with Gasteiger partial charge in [-0.2, -0.15) is 0 Å². The fourth-order valence-electron chi connectivity index (χ4n) is 4.58. The molecule has 1 saturated heterocycles. The molecular formula is C27H33N3O9. The highest BCUT2D eigenvalue weighted by Gasteiger charge is 2.44. The van der Waals surface area contributed by atoms with E-state index in [-0.39, 0.29) is 17.8 Å². The number of ketones is 1. The van der Waals surface area contributed by atoms with Crippen molar-refractivity contribution in [1.82, 2.24) is 15.0 Å². The van der Waals surface area contributed by atoms with Gasteiger partial charge in [0, 0.05) is 17.5 Å². The molecule has 2 aromatic carbocycles. The molecule has 210 valence electrons. The van der Waals surface area contributed by atoms with E-state index in [1.165, 1.54) is 10.9 Å². The van der Waals surface area contributed by atoms with Crippen LogP contribution in [0.4, 0.5) is 0 Å². The number of hydrogen-bond donors (Lipinski definition) is 7. The molecule has 12 nitrogen and oxygen atoms in total. The Bertz CT molecular complexity index is 1290. The Morgan fingerprint density at radius 3 is 2.26 bits per heavy atom. The third kappa shape index (κ3) is 6.21. The van der Waals surface area contributed by atoms with Gasteiger partial charge in [0.2, 0.25) is 0 Å². The summed E-state index contributed by atoms with van der Waals surface area (Å²) in [6.45, 7) is 1.52. The van der Waals surface area contributed by atoms with E-state index in [0.717, 1.165) is 42.5 Å². The average Bonchev–Trinajstić information content (AvgIpc) is 3.42. The monoisotopic (exact) mass is 543 g/mol. The third-order valence-corrected chi connectivity index (χ3v) is 6.84. The van der Waals surface area contributed by atoms with Gasteiger partial charge in [-0.05, 0) is 54.7 Å². The first-order valence-electron chi connectivity index (χ1n) is 12.8. The van der Waals surface area contributed by atoms with Crippen molar-refractivity contribution in [2.45, 2.75) is 69.7 Å². The standard InChI is InChI=1S/C27H33N3O9/c1-2-3-4-14-7-15(5-6-19(32)17-10-20(33)23(35)21(34)11-17)9-16(8-14)18-12-30(29-28-18)27-26(38)25(37)24(36)22(13-31)39-27/h7-12,22,24-27,31,33-38H,2-6,13H2,1H3. The lowest BCUT2D eigenvalue weighted by atomic mass is 9.96. The van der Waals surface area contributed by atoms with Gasteiger partial charge in [-0.25, -0.2) is 4.68 Å². The summed E-state index contributed by atoms with van der Waals surface area (Å²) < 4.78 is 6.78. The molecule has 1 aliphatic heterocycles. The summed E-state index contributed by atoms with van der Waals surface area (Å²) in [6, 6.07) is 8.03. The zero-order valence-corrected chi connectivity index (χ0v) is 21.4. The Labute approximate surface area is 224 Å². The van der Waals surface area contributed by atoms with Crippen LogP contribution in [0, 0.1) is 0 Å². The van der Waals surface area contributed by atoms with E-state index in [4.69, 9.17) is 4.74 Å². The van der Waals surface area contributed by atoms with Crippen LogP contribution in [0.2, 0.25) is 0 Å². The minimum atomic E-state index is -1.55. The van der Waals surface area contributed by atoms with Crippen LogP contribution in [-0.4, -0.2) is 87.5 Å². The first-order chi connectivity index (χ1) is 18.6. The molecule has 0 saturated carbocycles. The lowest BCUT2D eigenvalue weighted by Gasteiger charge is -2.39. The van der Waals surface area contributed by atoms with Crippen molar-refractivity contribution in [2.75, 3.05) is 6.61 Å². The van der Waals surface area contributed by atoms with Crippen LogP contribution in [0.5, 0.6) is 17.2 Å². The third-order valence-electron chi connectivity index (χ3n) is 6.84. The number of benzene rings is 2. The summed E-state index contributed by atoms with van der Waals surface area (Å²) in [7, 11) is 0. The van der Waals surface area contributed by atoms with E-state index in [0.29, 0.717) is 17.7 Å². The van der Waals surface area contributed by atoms with Gasteiger partial charge >= 0.3 is 0 Å². The van der Waals surface area contributed by atoms with Crippen molar-refractivity contribution in [3.05, 3.63) is 53.2 Å². The fourth-order valence-corrected chi connectivity index (χ4v) is 4.58. The second-order valence-corrected chi connectivity index (χ2v) is 9.73. The van der Waals surface area contributed by atoms with Gasteiger partial charge in [0.05, 0.1) is 12.8 Å². The number of ether oxygens (including phenoxy) is 1. The Morgan fingerprint density at radius 1 is 0.949 bits per heavy atom. The van der Waals surface area contributed by atoms with Gasteiger partial charge < -0.3 is 40.5 Å². The quantitative estimate of drug-likeness (QED) is 0.143. The molecule has 0 aliphatic carbocycles. The molecule has 39 heavy (non-hydrogen) atoms. The molecule has 1 fully saturated rings. The number of unbranched alkanes of at least 4 members (excludes halogenated alkanes) is 1. The number of phenols is 3. The van der Waals surface area contributed by atoms with Gasteiger partial charge in [0.25, 0.3) is 0 Å². The highest BCUT2D eigenvalue weighted by Crippen LogP contribution is 2.36. The van der Waals surface area contributed by atoms with Crippen molar-refractivity contribution in [3.8, 4) is 28.5 Å². The lowest BCUT2D eigenvalue weighted by Crippen LogP contribution is -2.56. The minimum absolute atomic E-state index is 0.0765. The normalized spacial score (nSPS) is 23.2. The first-order valence-corrected chi connectivity index (χ1v) is 12.8. The number of carbonyl (C=O) groups excluding carboxylic acids is 1. The molecule has 12 heteroatoms. The van der Waals surface area contributed by atoms with Crippen LogP contribution < -0.4 is 0 Å². The van der Waals surface area contributed by atoms with E-state index < -0.39 is 54.5 Å². The van der Waals surface area contributed by atoms with Gasteiger partial charge in [0.15, 0.2) is 29.3 Å². The number of phenolic OH excluding ortho intramolecular Hbond substituents is 3. The molecule has 1 aliphatic rings. The zero-order valence-electron chi connectivity index (χ0n) is 21.4. The second kappa shape index (κ2) is 12.1. The molecule has 5 atom stereocenters. The minimum Gasteiger partial charge on any atom is -0.504 e. The van der Waals surface area contributed by atoms with E-state index in [1.807, 2.05) is 18.2 Å². The predicted molar refractivity (Wildman–Crippen MR) is 137 cm³/mol. The summed E-state index contributed by atoms with van der Waals surface area (Å²) in [5.74, 6) is -2.17. The molecule has 4 rings (SSSR count). The molecule has 2 heterocycles. The van der Waals surface area contributed by atoms with Crippen molar-refractivity contribution in [2.24, 2.45) is 0 Å². The number of aliphatic hydroxyl groups is 4. The zero-order chi connectivity index (χ0) is 28.3. The van der Waals surface area contributed by atoms with Crippen LogP contribution in [0.25, 0.3) is 11.3 Å². The Morgan fingerprint density at radius 2 is 1.62 bits per heavy atom. The van der Waals surface area contributed by atoms with E-state index in [1.54, 1.807) is 0 Å². The number of aryl methyl sites for hydroxylation is 2. The van der Waals surface area contributed by atoms with E-state index in [9.17, 15) is 40.5 Å². The summed E-state index contributed by atoms with van der Waals surface area (Å²) in [4.78, 5) is 12.7. The molecule has 5 unspecified atom stereocenters. The fraction of sp³-hybridized carbons (Fsp3) is 0.444. The molecule has 0 bridgehead atoms. The molecule has 3 aromatic rings. The molecule has 0 radical (unpaired) electrons. The van der Waals surface area contributed by atoms with Crippen LogP contribution in [0.15, 0.2) is 36.5 Å².